The Morgan fingerprint density at radius 1 is 1.30 bits per heavy atom. The highest BCUT2D eigenvalue weighted by Gasteiger charge is 2.32. The number of rotatable bonds is 4. The summed E-state index contributed by atoms with van der Waals surface area (Å²) in [5.74, 6) is -1.02. The molecule has 1 rings (SSSR count). The number of carbonyl (C=O) groups is 1. The first-order valence-electron chi connectivity index (χ1n) is 5.69. The lowest BCUT2D eigenvalue weighted by Gasteiger charge is -2.19. The average molecular weight is 292 g/mol. The van der Waals surface area contributed by atoms with Crippen molar-refractivity contribution in [1.29, 1.82) is 0 Å². The summed E-state index contributed by atoms with van der Waals surface area (Å²) < 4.78 is 47.4. The normalized spacial score (nSPS) is 12.2. The van der Waals surface area contributed by atoms with Crippen LogP contribution in [-0.2, 0) is 10.9 Å². The molecule has 0 heterocycles. The van der Waals surface area contributed by atoms with Gasteiger partial charge in [0.05, 0.1) is 18.3 Å². The quantitative estimate of drug-likeness (QED) is 0.867. The van der Waals surface area contributed by atoms with E-state index >= 15 is 0 Å². The zero-order chi connectivity index (χ0) is 15.6. The van der Waals surface area contributed by atoms with E-state index in [0.29, 0.717) is 6.07 Å². The van der Waals surface area contributed by atoms with Gasteiger partial charge in [0.25, 0.3) is 0 Å². The van der Waals surface area contributed by atoms with Crippen LogP contribution < -0.4 is 4.74 Å². The lowest BCUT2D eigenvalue weighted by Crippen LogP contribution is -2.28. The van der Waals surface area contributed by atoms with Crippen LogP contribution in [-0.4, -0.2) is 30.4 Å². The van der Waals surface area contributed by atoms with Crippen LogP contribution in [0, 0.1) is 0 Å². The number of hydrogen-bond donors (Lipinski definition) is 1. The van der Waals surface area contributed by atoms with Gasteiger partial charge in [-0.25, -0.2) is 4.79 Å². The van der Waals surface area contributed by atoms with Crippen LogP contribution in [0.1, 0.15) is 29.8 Å². The summed E-state index contributed by atoms with van der Waals surface area (Å²) in [7, 11) is 1.06. The summed E-state index contributed by atoms with van der Waals surface area (Å²) in [4.78, 5) is 11.5. The third-order valence-corrected chi connectivity index (χ3v) is 2.29. The van der Waals surface area contributed by atoms with Crippen molar-refractivity contribution >= 4 is 5.97 Å². The number of methoxy groups -OCH3 is 1. The van der Waals surface area contributed by atoms with Crippen LogP contribution in [0.2, 0.25) is 0 Å². The summed E-state index contributed by atoms with van der Waals surface area (Å²) in [5.41, 5.74) is -2.50. The Morgan fingerprint density at radius 2 is 1.90 bits per heavy atom. The van der Waals surface area contributed by atoms with Gasteiger partial charge in [-0.1, -0.05) is 0 Å². The fourth-order valence-corrected chi connectivity index (χ4v) is 1.36. The summed E-state index contributed by atoms with van der Waals surface area (Å²) in [6, 6.07) is 2.48. The lowest BCUT2D eigenvalue weighted by atomic mass is 10.1. The molecule has 20 heavy (non-hydrogen) atoms. The van der Waals surface area contributed by atoms with Crippen molar-refractivity contribution in [3.05, 3.63) is 29.3 Å². The summed E-state index contributed by atoms with van der Waals surface area (Å²) in [6.45, 7) is 2.76. The van der Waals surface area contributed by atoms with E-state index in [0.717, 1.165) is 19.2 Å². The number of hydrogen-bond acceptors (Lipinski definition) is 4. The zero-order valence-corrected chi connectivity index (χ0v) is 11.2. The lowest BCUT2D eigenvalue weighted by molar-refractivity contribution is -0.137. The van der Waals surface area contributed by atoms with Crippen molar-refractivity contribution in [3.63, 3.8) is 0 Å². The maximum Gasteiger partial charge on any atom is 0.416 e. The SMILES string of the molecule is COC(=O)c1cc(C(F)(F)F)ccc1OCC(C)(C)O. The first kappa shape index (κ1) is 16.3. The Labute approximate surface area is 114 Å². The molecule has 0 bridgehead atoms. The molecule has 1 aromatic rings. The monoisotopic (exact) mass is 292 g/mol. The van der Waals surface area contributed by atoms with Crippen LogP contribution >= 0.6 is 0 Å². The van der Waals surface area contributed by atoms with Crippen LogP contribution in [0.15, 0.2) is 18.2 Å². The summed E-state index contributed by atoms with van der Waals surface area (Å²) in [6.07, 6.45) is -4.57. The Morgan fingerprint density at radius 3 is 2.35 bits per heavy atom. The van der Waals surface area contributed by atoms with Crippen LogP contribution in [0.5, 0.6) is 5.75 Å². The highest BCUT2D eigenvalue weighted by Crippen LogP contribution is 2.33. The van der Waals surface area contributed by atoms with E-state index in [1.165, 1.54) is 13.8 Å². The fraction of sp³-hybridized carbons (Fsp3) is 0.462. The Hall–Kier alpha value is -1.76. The third kappa shape index (κ3) is 4.41. The molecule has 4 nitrogen and oxygen atoms in total. The molecule has 0 saturated carbocycles. The molecule has 0 atom stereocenters. The van der Waals surface area contributed by atoms with E-state index in [1.807, 2.05) is 0 Å². The molecular formula is C13H15F3O4. The molecule has 7 heteroatoms. The molecule has 0 radical (unpaired) electrons. The van der Waals surface area contributed by atoms with Crippen molar-refractivity contribution in [2.24, 2.45) is 0 Å². The van der Waals surface area contributed by atoms with Crippen LogP contribution in [0.4, 0.5) is 13.2 Å². The van der Waals surface area contributed by atoms with Gasteiger partial charge in [0.2, 0.25) is 0 Å². The molecule has 0 unspecified atom stereocenters. The highest BCUT2D eigenvalue weighted by atomic mass is 19.4. The van der Waals surface area contributed by atoms with Gasteiger partial charge >= 0.3 is 12.1 Å². The van der Waals surface area contributed by atoms with E-state index in [2.05, 4.69) is 4.74 Å². The molecule has 0 aromatic heterocycles. The number of ether oxygens (including phenoxy) is 2. The highest BCUT2D eigenvalue weighted by molar-refractivity contribution is 5.92. The maximum absolute atomic E-state index is 12.6. The standard InChI is InChI=1S/C13H15F3O4/c1-12(2,18)7-20-10-5-4-8(13(14,15)16)6-9(10)11(17)19-3/h4-6,18H,7H2,1-3H3. The number of aliphatic hydroxyl groups is 1. The number of esters is 1. The van der Waals surface area contributed by atoms with E-state index in [4.69, 9.17) is 4.74 Å². The Balaban J connectivity index is 3.14. The molecule has 0 saturated heterocycles. The second-order valence-corrected chi connectivity index (χ2v) is 4.80. The maximum atomic E-state index is 12.6. The van der Waals surface area contributed by atoms with Crippen molar-refractivity contribution in [2.45, 2.75) is 25.6 Å². The van der Waals surface area contributed by atoms with Gasteiger partial charge in [-0.15, -0.1) is 0 Å². The predicted molar refractivity (Wildman–Crippen MR) is 64.6 cm³/mol. The van der Waals surface area contributed by atoms with Gasteiger partial charge in [-0.2, -0.15) is 13.2 Å². The third-order valence-electron chi connectivity index (χ3n) is 2.29. The fourth-order valence-electron chi connectivity index (χ4n) is 1.36. The molecular weight excluding hydrogens is 277 g/mol. The minimum Gasteiger partial charge on any atom is -0.490 e. The Bertz CT molecular complexity index is 489. The molecule has 0 amide bonds. The smallest absolute Gasteiger partial charge is 0.416 e. The molecule has 0 aliphatic carbocycles. The Kier molecular flexibility index (Phi) is 4.65. The largest absolute Gasteiger partial charge is 0.490 e. The van der Waals surface area contributed by atoms with Gasteiger partial charge in [-0.3, -0.25) is 0 Å². The molecule has 0 spiro atoms. The number of benzene rings is 1. The molecule has 112 valence electrons. The zero-order valence-electron chi connectivity index (χ0n) is 11.2. The minimum atomic E-state index is -4.57. The van der Waals surface area contributed by atoms with Crippen molar-refractivity contribution in [1.82, 2.24) is 0 Å². The number of halogens is 3. The van der Waals surface area contributed by atoms with Gasteiger partial charge in [0.1, 0.15) is 17.9 Å². The van der Waals surface area contributed by atoms with Crippen molar-refractivity contribution < 1.29 is 32.5 Å². The molecule has 0 aliphatic heterocycles. The van der Waals surface area contributed by atoms with Gasteiger partial charge < -0.3 is 14.6 Å². The van der Waals surface area contributed by atoms with Gasteiger partial charge in [0.15, 0.2) is 0 Å². The van der Waals surface area contributed by atoms with E-state index < -0.39 is 23.3 Å². The summed E-state index contributed by atoms with van der Waals surface area (Å²) >= 11 is 0. The average Bonchev–Trinajstić information content (AvgIpc) is 2.33. The minimum absolute atomic E-state index is 0.0769. The number of carbonyl (C=O) groups excluding carboxylic acids is 1. The molecule has 1 N–H and O–H groups in total. The second-order valence-electron chi connectivity index (χ2n) is 4.80. The van der Waals surface area contributed by atoms with Crippen LogP contribution in [0.25, 0.3) is 0 Å². The molecule has 1 aromatic carbocycles. The molecule has 0 fully saturated rings. The first-order valence-corrected chi connectivity index (χ1v) is 5.69. The van der Waals surface area contributed by atoms with E-state index in [-0.39, 0.29) is 17.9 Å². The van der Waals surface area contributed by atoms with Crippen LogP contribution in [0.3, 0.4) is 0 Å². The van der Waals surface area contributed by atoms with Crippen molar-refractivity contribution in [2.75, 3.05) is 13.7 Å². The summed E-state index contributed by atoms with van der Waals surface area (Å²) in [5, 5.41) is 9.53. The second kappa shape index (κ2) is 5.70. The van der Waals surface area contributed by atoms with Gasteiger partial charge in [-0.05, 0) is 32.0 Å². The topological polar surface area (TPSA) is 55.8 Å². The number of alkyl halides is 3. The van der Waals surface area contributed by atoms with Crippen molar-refractivity contribution in [3.8, 4) is 5.75 Å². The van der Waals surface area contributed by atoms with E-state index in [1.54, 1.807) is 0 Å². The molecule has 0 aliphatic rings. The van der Waals surface area contributed by atoms with Gasteiger partial charge in [0, 0.05) is 0 Å². The first-order chi connectivity index (χ1) is 9.04. The van der Waals surface area contributed by atoms with E-state index in [9.17, 15) is 23.1 Å². The predicted octanol–water partition coefficient (Wildman–Crippen LogP) is 2.64.